The lowest BCUT2D eigenvalue weighted by Crippen LogP contribution is -2.15. The molecule has 0 fully saturated rings. The minimum absolute atomic E-state index is 0.274. The van der Waals surface area contributed by atoms with Crippen LogP contribution in [-0.2, 0) is 17.4 Å². The van der Waals surface area contributed by atoms with Gasteiger partial charge in [-0.3, -0.25) is 4.79 Å². The summed E-state index contributed by atoms with van der Waals surface area (Å²) in [4.78, 5) is 11.7. The number of primary amides is 1. The molecule has 3 rings (SSSR count). The zero-order chi connectivity index (χ0) is 19.4. The van der Waals surface area contributed by atoms with Gasteiger partial charge in [0.1, 0.15) is 0 Å². The van der Waals surface area contributed by atoms with Crippen LogP contribution in [0.3, 0.4) is 0 Å². The lowest BCUT2D eigenvalue weighted by atomic mass is 10.0. The molecule has 0 spiro atoms. The number of carbonyl (C=O) groups is 1. The number of halogens is 3. The molecule has 7 heteroatoms. The van der Waals surface area contributed by atoms with Crippen LogP contribution in [0.5, 0.6) is 0 Å². The van der Waals surface area contributed by atoms with Crippen molar-refractivity contribution < 1.29 is 18.0 Å². The van der Waals surface area contributed by atoms with Crippen molar-refractivity contribution in [3.8, 4) is 5.69 Å². The number of aromatic nitrogens is 2. The van der Waals surface area contributed by atoms with Gasteiger partial charge < -0.3 is 5.73 Å². The second-order valence-electron chi connectivity index (χ2n) is 5.95. The highest BCUT2D eigenvalue weighted by atomic mass is 19.4. The van der Waals surface area contributed by atoms with E-state index in [0.717, 1.165) is 23.4 Å². The Kier molecular flexibility index (Phi) is 5.12. The first-order chi connectivity index (χ1) is 12.8. The van der Waals surface area contributed by atoms with Gasteiger partial charge in [-0.2, -0.15) is 18.3 Å². The van der Waals surface area contributed by atoms with Crippen LogP contribution in [0.2, 0.25) is 0 Å². The van der Waals surface area contributed by atoms with Crippen LogP contribution < -0.4 is 5.73 Å². The van der Waals surface area contributed by atoms with E-state index in [9.17, 15) is 18.0 Å². The molecular formula is C20H16F3N3O. The molecule has 3 aromatic rings. The number of rotatable bonds is 5. The minimum atomic E-state index is -4.40. The van der Waals surface area contributed by atoms with Gasteiger partial charge in [0.25, 0.3) is 0 Å². The van der Waals surface area contributed by atoms with Gasteiger partial charge in [-0.15, -0.1) is 0 Å². The first kappa shape index (κ1) is 18.4. The Hall–Kier alpha value is -3.35. The van der Waals surface area contributed by atoms with Crippen molar-refractivity contribution >= 4 is 12.0 Å². The third kappa shape index (κ3) is 4.63. The lowest BCUT2D eigenvalue weighted by Gasteiger charge is -2.08. The summed E-state index contributed by atoms with van der Waals surface area (Å²) >= 11 is 0. The molecular weight excluding hydrogens is 355 g/mol. The molecule has 0 radical (unpaired) electrons. The van der Waals surface area contributed by atoms with Gasteiger partial charge in [-0.05, 0) is 47.5 Å². The Bertz CT molecular complexity index is 942. The van der Waals surface area contributed by atoms with E-state index in [0.29, 0.717) is 11.1 Å². The van der Waals surface area contributed by atoms with Gasteiger partial charge >= 0.3 is 6.18 Å². The molecule has 1 aromatic heterocycles. The number of benzene rings is 2. The summed E-state index contributed by atoms with van der Waals surface area (Å²) in [6, 6.07) is 13.8. The minimum Gasteiger partial charge on any atom is -0.366 e. The summed E-state index contributed by atoms with van der Waals surface area (Å²) in [5.74, 6) is -0.619. The fraction of sp³-hybridized carbons (Fsp3) is 0.100. The van der Waals surface area contributed by atoms with Crippen LogP contribution in [0.1, 0.15) is 16.7 Å². The number of hydrogen-bond acceptors (Lipinski definition) is 2. The number of carbonyl (C=O) groups excluding carboxylic acids is 1. The molecule has 0 aliphatic rings. The SMILES string of the molecule is NC(=O)C(=Cc1ccc(C(F)(F)F)cc1)Cc1ccc(-n2cccn2)cc1. The summed E-state index contributed by atoms with van der Waals surface area (Å²) in [5, 5.41) is 4.14. The molecule has 0 atom stereocenters. The van der Waals surface area contributed by atoms with Gasteiger partial charge in [0.15, 0.2) is 0 Å². The van der Waals surface area contributed by atoms with E-state index in [1.54, 1.807) is 10.9 Å². The summed E-state index contributed by atoms with van der Waals surface area (Å²) in [7, 11) is 0. The second-order valence-corrected chi connectivity index (χ2v) is 5.95. The standard InChI is InChI=1S/C20H16F3N3O/c21-20(22,23)17-6-2-14(3-7-17)12-16(19(24)27)13-15-4-8-18(9-5-15)26-11-1-10-25-26/h1-12H,13H2,(H2,24,27). The zero-order valence-electron chi connectivity index (χ0n) is 14.1. The Morgan fingerprint density at radius 2 is 1.74 bits per heavy atom. The van der Waals surface area contributed by atoms with E-state index in [-0.39, 0.29) is 6.42 Å². The monoisotopic (exact) mass is 371 g/mol. The normalized spacial score (nSPS) is 12.2. The van der Waals surface area contributed by atoms with Crippen LogP contribution in [-0.4, -0.2) is 15.7 Å². The third-order valence-corrected chi connectivity index (χ3v) is 4.00. The smallest absolute Gasteiger partial charge is 0.366 e. The first-order valence-electron chi connectivity index (χ1n) is 8.09. The zero-order valence-corrected chi connectivity index (χ0v) is 14.1. The van der Waals surface area contributed by atoms with Gasteiger partial charge in [-0.25, -0.2) is 4.68 Å². The molecule has 0 aliphatic carbocycles. The van der Waals surface area contributed by atoms with E-state index in [4.69, 9.17) is 5.73 Å². The van der Waals surface area contributed by atoms with Crippen LogP contribution in [0, 0.1) is 0 Å². The van der Waals surface area contributed by atoms with Crippen molar-refractivity contribution in [3.63, 3.8) is 0 Å². The molecule has 0 unspecified atom stereocenters. The topological polar surface area (TPSA) is 60.9 Å². The average molecular weight is 371 g/mol. The van der Waals surface area contributed by atoms with E-state index in [2.05, 4.69) is 5.10 Å². The predicted molar refractivity (Wildman–Crippen MR) is 95.9 cm³/mol. The van der Waals surface area contributed by atoms with E-state index < -0.39 is 17.6 Å². The first-order valence-corrected chi connectivity index (χ1v) is 8.09. The van der Waals surface area contributed by atoms with Gasteiger partial charge in [-0.1, -0.05) is 24.3 Å². The summed E-state index contributed by atoms with van der Waals surface area (Å²) < 4.78 is 39.6. The largest absolute Gasteiger partial charge is 0.416 e. The molecule has 0 aliphatic heterocycles. The number of nitrogens with zero attached hydrogens (tertiary/aromatic N) is 2. The summed E-state index contributed by atoms with van der Waals surface area (Å²) in [6.07, 6.45) is 0.866. The molecule has 4 nitrogen and oxygen atoms in total. The number of hydrogen-bond donors (Lipinski definition) is 1. The third-order valence-electron chi connectivity index (χ3n) is 4.00. The molecule has 2 N–H and O–H groups in total. The van der Waals surface area contributed by atoms with Crippen molar-refractivity contribution in [2.24, 2.45) is 5.73 Å². The average Bonchev–Trinajstić information content (AvgIpc) is 3.16. The highest BCUT2D eigenvalue weighted by molar-refractivity contribution is 5.97. The van der Waals surface area contributed by atoms with E-state index in [1.165, 1.54) is 18.2 Å². The van der Waals surface area contributed by atoms with Gasteiger partial charge in [0, 0.05) is 24.4 Å². The van der Waals surface area contributed by atoms with Crippen molar-refractivity contribution in [2.75, 3.05) is 0 Å². The lowest BCUT2D eigenvalue weighted by molar-refractivity contribution is -0.137. The Balaban J connectivity index is 1.79. The fourth-order valence-corrected chi connectivity index (χ4v) is 2.59. The van der Waals surface area contributed by atoms with Crippen molar-refractivity contribution in [2.45, 2.75) is 12.6 Å². The van der Waals surface area contributed by atoms with Crippen LogP contribution >= 0.6 is 0 Å². The summed E-state index contributed by atoms with van der Waals surface area (Å²) in [6.45, 7) is 0. The van der Waals surface area contributed by atoms with E-state index >= 15 is 0 Å². The Morgan fingerprint density at radius 3 is 2.26 bits per heavy atom. The molecule has 1 heterocycles. The molecule has 138 valence electrons. The maximum absolute atomic E-state index is 12.6. The van der Waals surface area contributed by atoms with Crippen molar-refractivity contribution in [1.82, 2.24) is 9.78 Å². The molecule has 0 bridgehead atoms. The molecule has 0 saturated heterocycles. The maximum atomic E-state index is 12.6. The predicted octanol–water partition coefficient (Wildman–Crippen LogP) is 4.00. The van der Waals surface area contributed by atoms with Crippen molar-refractivity contribution in [1.29, 1.82) is 0 Å². The van der Waals surface area contributed by atoms with Crippen LogP contribution in [0.4, 0.5) is 13.2 Å². The van der Waals surface area contributed by atoms with Crippen LogP contribution in [0.15, 0.2) is 72.6 Å². The summed E-state index contributed by atoms with van der Waals surface area (Å²) in [5.41, 5.74) is 7.20. The highest BCUT2D eigenvalue weighted by Gasteiger charge is 2.29. The maximum Gasteiger partial charge on any atom is 0.416 e. The highest BCUT2D eigenvalue weighted by Crippen LogP contribution is 2.29. The van der Waals surface area contributed by atoms with Gasteiger partial charge in [0.2, 0.25) is 5.91 Å². The van der Waals surface area contributed by atoms with Crippen molar-refractivity contribution in [3.05, 3.63) is 89.3 Å². The number of amides is 1. The van der Waals surface area contributed by atoms with E-state index in [1.807, 2.05) is 36.5 Å². The Labute approximate surface area is 153 Å². The van der Waals surface area contributed by atoms with Gasteiger partial charge in [0.05, 0.1) is 11.3 Å². The second kappa shape index (κ2) is 7.49. The quantitative estimate of drug-likeness (QED) is 0.689. The molecule has 2 aromatic carbocycles. The number of alkyl halides is 3. The molecule has 1 amide bonds. The molecule has 27 heavy (non-hydrogen) atoms. The Morgan fingerprint density at radius 1 is 1.07 bits per heavy atom. The fourth-order valence-electron chi connectivity index (χ4n) is 2.59. The van der Waals surface area contributed by atoms with Crippen LogP contribution in [0.25, 0.3) is 11.8 Å². The molecule has 0 saturated carbocycles. The number of nitrogens with two attached hydrogens (primary N) is 1.